The first-order chi connectivity index (χ1) is 15.8. The fraction of sp³-hybridized carbons (Fsp3) is 0.174. The van der Waals surface area contributed by atoms with Gasteiger partial charge in [0.15, 0.2) is 0 Å². The van der Waals surface area contributed by atoms with Gasteiger partial charge in [0.1, 0.15) is 17.3 Å². The third-order valence-electron chi connectivity index (χ3n) is 5.07. The van der Waals surface area contributed by atoms with Crippen LogP contribution in [0.15, 0.2) is 65.1 Å². The molecule has 2 N–H and O–H groups in total. The zero-order valence-corrected chi connectivity index (χ0v) is 20.8. The number of hydrogen-bond donors (Lipinski definition) is 1. The van der Waals surface area contributed by atoms with E-state index < -0.39 is 17.9 Å². The molecule has 0 saturated carbocycles. The van der Waals surface area contributed by atoms with E-state index in [0.29, 0.717) is 25.6 Å². The highest BCUT2D eigenvalue weighted by Gasteiger charge is 2.43. The molecular formula is C23H19ClIN3O5. The summed E-state index contributed by atoms with van der Waals surface area (Å²) in [5.74, 6) is -2.30. The van der Waals surface area contributed by atoms with Crippen LogP contribution >= 0.6 is 34.2 Å². The Labute approximate surface area is 209 Å². The van der Waals surface area contributed by atoms with E-state index in [2.05, 4.69) is 6.07 Å². The van der Waals surface area contributed by atoms with Gasteiger partial charge in [-0.3, -0.25) is 4.90 Å². The molecule has 0 aliphatic carbocycles. The van der Waals surface area contributed by atoms with E-state index in [0.717, 1.165) is 0 Å². The lowest BCUT2D eigenvalue weighted by atomic mass is 9.81. The topological polar surface area (TPSA) is 115 Å². The van der Waals surface area contributed by atoms with Crippen molar-refractivity contribution in [3.05, 3.63) is 79.3 Å². The second-order valence-electron chi connectivity index (χ2n) is 6.77. The number of benzene rings is 2. The predicted molar refractivity (Wildman–Crippen MR) is 130 cm³/mol. The van der Waals surface area contributed by atoms with Crippen molar-refractivity contribution in [2.45, 2.75) is 5.92 Å². The van der Waals surface area contributed by atoms with Crippen molar-refractivity contribution in [1.82, 2.24) is 0 Å². The summed E-state index contributed by atoms with van der Waals surface area (Å²) < 4.78 is 15.9. The average molecular weight is 580 g/mol. The van der Waals surface area contributed by atoms with Gasteiger partial charge in [-0.15, -0.1) is 0 Å². The van der Waals surface area contributed by atoms with Gasteiger partial charge >= 0.3 is 11.9 Å². The van der Waals surface area contributed by atoms with Crippen LogP contribution in [0.2, 0.25) is 5.02 Å². The Morgan fingerprint density at radius 3 is 2.30 bits per heavy atom. The van der Waals surface area contributed by atoms with Crippen molar-refractivity contribution >= 4 is 51.8 Å². The van der Waals surface area contributed by atoms with Crippen LogP contribution in [0.1, 0.15) is 11.5 Å². The highest BCUT2D eigenvalue weighted by Crippen LogP contribution is 2.45. The minimum absolute atomic E-state index is 0.0401. The van der Waals surface area contributed by atoms with Crippen molar-refractivity contribution in [2.75, 3.05) is 26.2 Å². The Balaban J connectivity index is 2.46. The molecule has 0 saturated heterocycles. The summed E-state index contributed by atoms with van der Waals surface area (Å²) >= 11 is 8.26. The highest BCUT2D eigenvalue weighted by molar-refractivity contribution is 14.1. The van der Waals surface area contributed by atoms with Gasteiger partial charge in [0.25, 0.3) is 0 Å². The Kier molecular flexibility index (Phi) is 7.50. The fourth-order valence-corrected chi connectivity index (χ4v) is 4.74. The van der Waals surface area contributed by atoms with Crippen molar-refractivity contribution in [2.24, 2.45) is 5.73 Å². The third-order valence-corrected chi connectivity index (χ3v) is 6.23. The quantitative estimate of drug-likeness (QED) is 0.420. The molecule has 33 heavy (non-hydrogen) atoms. The van der Waals surface area contributed by atoms with Crippen LogP contribution in [0.4, 0.5) is 5.69 Å². The largest absolute Gasteiger partial charge is 0.495 e. The van der Waals surface area contributed by atoms with Crippen LogP contribution in [-0.4, -0.2) is 33.3 Å². The molecule has 0 bridgehead atoms. The summed E-state index contributed by atoms with van der Waals surface area (Å²) in [6.45, 7) is 0. The van der Waals surface area contributed by atoms with Gasteiger partial charge in [0, 0.05) is 9.64 Å². The number of ether oxygens (including phenoxy) is 3. The smallest absolute Gasteiger partial charge is 0.355 e. The van der Waals surface area contributed by atoms with E-state index in [1.54, 1.807) is 42.5 Å². The first kappa shape index (κ1) is 24.4. The Morgan fingerprint density at radius 1 is 1.12 bits per heavy atom. The first-order valence-corrected chi connectivity index (χ1v) is 10.9. The fourth-order valence-electron chi connectivity index (χ4n) is 3.61. The molecule has 0 fully saturated rings. The molecule has 1 atom stereocenters. The van der Waals surface area contributed by atoms with Crippen LogP contribution in [-0.2, 0) is 19.1 Å². The zero-order chi connectivity index (χ0) is 24.3. The number of rotatable bonds is 5. The molecule has 1 heterocycles. The van der Waals surface area contributed by atoms with Gasteiger partial charge < -0.3 is 19.9 Å². The van der Waals surface area contributed by atoms with Gasteiger partial charge in [-0.25, -0.2) is 9.59 Å². The van der Waals surface area contributed by atoms with E-state index >= 15 is 0 Å². The summed E-state index contributed by atoms with van der Waals surface area (Å²) in [4.78, 5) is 27.4. The number of anilines is 1. The number of carbonyl (C=O) groups is 2. The maximum atomic E-state index is 13.1. The van der Waals surface area contributed by atoms with Gasteiger partial charge in [-0.05, 0) is 34.2 Å². The standard InChI is InChI=1S/C23H19ClIN3O5/c1-31-17-10-16(15(25)9-14(17)24)28-20(23(30)33-3)19(22(29)32-2)18(13(11-26)21(28)27)12-7-5-4-6-8-12/h4-10,18H,27H2,1-3H3. The summed E-state index contributed by atoms with van der Waals surface area (Å²) in [6.07, 6.45) is 0. The van der Waals surface area contributed by atoms with E-state index in [1.807, 2.05) is 22.6 Å². The third kappa shape index (κ3) is 4.36. The van der Waals surface area contributed by atoms with Crippen molar-refractivity contribution < 1.29 is 23.8 Å². The number of carbonyl (C=O) groups excluding carboxylic acids is 2. The van der Waals surface area contributed by atoms with Gasteiger partial charge in [-0.1, -0.05) is 41.9 Å². The Hall–Kier alpha value is -3.23. The molecule has 0 spiro atoms. The minimum atomic E-state index is -0.944. The number of hydrogen-bond acceptors (Lipinski definition) is 8. The van der Waals surface area contributed by atoms with Crippen LogP contribution in [0.5, 0.6) is 5.75 Å². The molecule has 2 aromatic carbocycles. The lowest BCUT2D eigenvalue weighted by Crippen LogP contribution is -2.41. The SMILES string of the molecule is COC(=O)C1=C(C(=O)OC)N(c2cc(OC)c(Cl)cc2I)C(N)=C(C#N)C1c1ccccc1. The molecule has 3 rings (SSSR count). The lowest BCUT2D eigenvalue weighted by Gasteiger charge is -2.36. The molecule has 8 nitrogen and oxygen atoms in total. The lowest BCUT2D eigenvalue weighted by molar-refractivity contribution is -0.139. The second-order valence-corrected chi connectivity index (χ2v) is 8.34. The van der Waals surface area contributed by atoms with Crippen LogP contribution < -0.4 is 15.4 Å². The first-order valence-electron chi connectivity index (χ1n) is 9.49. The zero-order valence-electron chi connectivity index (χ0n) is 17.9. The second kappa shape index (κ2) is 10.1. The molecular weight excluding hydrogens is 561 g/mol. The normalized spacial score (nSPS) is 15.8. The molecule has 170 valence electrons. The molecule has 0 radical (unpaired) electrons. The van der Waals surface area contributed by atoms with E-state index in [1.165, 1.54) is 26.2 Å². The maximum Gasteiger partial charge on any atom is 0.355 e. The van der Waals surface area contributed by atoms with Crippen LogP contribution in [0.25, 0.3) is 0 Å². The van der Waals surface area contributed by atoms with Crippen molar-refractivity contribution in [3.8, 4) is 11.8 Å². The maximum absolute atomic E-state index is 13.1. The number of esters is 2. The molecule has 2 aromatic rings. The van der Waals surface area contributed by atoms with E-state index in [-0.39, 0.29) is 22.7 Å². The molecule has 1 aliphatic rings. The molecule has 1 unspecified atom stereocenters. The average Bonchev–Trinajstić information content (AvgIpc) is 2.83. The molecule has 10 heteroatoms. The number of halogens is 2. The Morgan fingerprint density at radius 2 is 1.76 bits per heavy atom. The summed E-state index contributed by atoms with van der Waals surface area (Å²) in [5.41, 5.74) is 7.27. The molecule has 0 amide bonds. The predicted octanol–water partition coefficient (Wildman–Crippen LogP) is 3.85. The van der Waals surface area contributed by atoms with Gasteiger partial charge in [-0.2, -0.15) is 5.26 Å². The van der Waals surface area contributed by atoms with Gasteiger partial charge in [0.2, 0.25) is 0 Å². The van der Waals surface area contributed by atoms with Gasteiger partial charge in [0.05, 0.1) is 55.2 Å². The van der Waals surface area contributed by atoms with Crippen molar-refractivity contribution in [3.63, 3.8) is 0 Å². The number of methoxy groups -OCH3 is 3. The van der Waals surface area contributed by atoms with Crippen LogP contribution in [0, 0.1) is 14.9 Å². The Bertz CT molecular complexity index is 1220. The number of nitrogens with zero attached hydrogens (tertiary/aromatic N) is 2. The molecule has 0 aromatic heterocycles. The van der Waals surface area contributed by atoms with E-state index in [9.17, 15) is 14.9 Å². The number of allylic oxidation sites excluding steroid dienone is 1. The van der Waals surface area contributed by atoms with E-state index in [4.69, 9.17) is 31.5 Å². The summed E-state index contributed by atoms with van der Waals surface area (Å²) in [5, 5.41) is 10.4. The molecule has 1 aliphatic heterocycles. The number of nitriles is 1. The monoisotopic (exact) mass is 579 g/mol. The summed E-state index contributed by atoms with van der Waals surface area (Å²) in [6, 6.07) is 14.1. The number of nitrogens with two attached hydrogens (primary N) is 1. The minimum Gasteiger partial charge on any atom is -0.495 e. The van der Waals surface area contributed by atoms with Crippen molar-refractivity contribution in [1.29, 1.82) is 5.26 Å². The summed E-state index contributed by atoms with van der Waals surface area (Å²) in [7, 11) is 3.82. The van der Waals surface area contributed by atoms with Crippen LogP contribution in [0.3, 0.4) is 0 Å². The highest BCUT2D eigenvalue weighted by atomic mass is 127.